The van der Waals surface area contributed by atoms with Crippen LogP contribution in [0.2, 0.25) is 5.02 Å². The molecule has 11 heteroatoms. The Hall–Kier alpha value is -5.09. The highest BCUT2D eigenvalue weighted by Crippen LogP contribution is 2.26. The van der Waals surface area contributed by atoms with E-state index in [0.29, 0.717) is 54.2 Å². The van der Waals surface area contributed by atoms with E-state index in [4.69, 9.17) is 16.3 Å². The minimum atomic E-state index is -0.945. The molecule has 52 heavy (non-hydrogen) atoms. The molecule has 1 aliphatic heterocycles. The molecule has 0 unspecified atom stereocenters. The molecule has 3 aromatic carbocycles. The van der Waals surface area contributed by atoms with Gasteiger partial charge < -0.3 is 19.1 Å². The first-order valence-electron chi connectivity index (χ1n) is 17.4. The lowest BCUT2D eigenvalue weighted by molar-refractivity contribution is -0.135. The molecule has 3 heterocycles. The summed E-state index contributed by atoms with van der Waals surface area (Å²) in [7, 11) is 0. The van der Waals surface area contributed by atoms with E-state index in [1.54, 1.807) is 27.8 Å². The molecule has 8 nitrogen and oxygen atoms in total. The van der Waals surface area contributed by atoms with Gasteiger partial charge in [0.15, 0.2) is 17.1 Å². The lowest BCUT2D eigenvalue weighted by Gasteiger charge is -2.39. The van der Waals surface area contributed by atoms with E-state index in [1.165, 1.54) is 18.2 Å². The van der Waals surface area contributed by atoms with Gasteiger partial charge in [-0.05, 0) is 99.0 Å². The van der Waals surface area contributed by atoms with Crippen molar-refractivity contribution < 1.29 is 23.1 Å². The number of ether oxygens (including phenoxy) is 1. The quantitative estimate of drug-likeness (QED) is 0.153. The second-order valence-corrected chi connectivity index (χ2v) is 14.5. The summed E-state index contributed by atoms with van der Waals surface area (Å²) in [5.41, 5.74) is 3.05. The number of benzene rings is 3. The summed E-state index contributed by atoms with van der Waals surface area (Å²) in [6.45, 7) is 6.51. The van der Waals surface area contributed by atoms with Crippen molar-refractivity contribution in [2.75, 3.05) is 13.1 Å². The van der Waals surface area contributed by atoms with E-state index in [-0.39, 0.29) is 48.4 Å². The van der Waals surface area contributed by atoms with Crippen molar-refractivity contribution in [2.45, 2.75) is 71.2 Å². The van der Waals surface area contributed by atoms with Gasteiger partial charge in [0.25, 0.3) is 0 Å². The van der Waals surface area contributed by atoms with E-state index in [0.717, 1.165) is 22.8 Å². The van der Waals surface area contributed by atoms with Crippen molar-refractivity contribution in [3.05, 3.63) is 135 Å². The third kappa shape index (κ3) is 8.67. The van der Waals surface area contributed by atoms with Crippen molar-refractivity contribution in [1.29, 1.82) is 0 Å². The Morgan fingerprint density at radius 3 is 2.27 bits per heavy atom. The van der Waals surface area contributed by atoms with Gasteiger partial charge in [0, 0.05) is 48.7 Å². The van der Waals surface area contributed by atoms with Crippen LogP contribution in [-0.2, 0) is 35.5 Å². The van der Waals surface area contributed by atoms with E-state index in [2.05, 4.69) is 4.98 Å². The predicted octanol–water partition coefficient (Wildman–Crippen LogP) is 8.21. The fourth-order valence-corrected chi connectivity index (χ4v) is 6.74. The first-order valence-corrected chi connectivity index (χ1v) is 17.8. The van der Waals surface area contributed by atoms with Gasteiger partial charge in [-0.15, -0.1) is 0 Å². The minimum Gasteiger partial charge on any atom is -0.444 e. The van der Waals surface area contributed by atoms with Crippen LogP contribution < -0.4 is 5.43 Å². The summed E-state index contributed by atoms with van der Waals surface area (Å²) >= 11 is 6.09. The predicted molar refractivity (Wildman–Crippen MR) is 198 cm³/mol. The maximum Gasteiger partial charge on any atom is 0.410 e. The number of piperidine rings is 1. The number of amides is 2. The zero-order chi connectivity index (χ0) is 37.0. The number of hydrogen-bond donors (Lipinski definition) is 0. The van der Waals surface area contributed by atoms with Gasteiger partial charge in [0.2, 0.25) is 5.91 Å². The van der Waals surface area contributed by atoms with Crippen LogP contribution in [0.5, 0.6) is 0 Å². The van der Waals surface area contributed by atoms with Crippen LogP contribution >= 0.6 is 11.6 Å². The van der Waals surface area contributed by atoms with E-state index >= 15 is 0 Å². The smallest absolute Gasteiger partial charge is 0.410 e. The number of fused-ring (bicyclic) bond motifs is 1. The fraction of sp³-hybridized carbons (Fsp3) is 0.317. The largest absolute Gasteiger partial charge is 0.444 e. The topological polar surface area (TPSA) is 84.7 Å². The minimum absolute atomic E-state index is 0.113. The zero-order valence-electron chi connectivity index (χ0n) is 29.5. The van der Waals surface area contributed by atoms with Crippen molar-refractivity contribution in [1.82, 2.24) is 19.4 Å². The summed E-state index contributed by atoms with van der Waals surface area (Å²) in [5, 5.41) is 1.01. The van der Waals surface area contributed by atoms with E-state index < -0.39 is 17.2 Å². The Morgan fingerprint density at radius 2 is 1.60 bits per heavy atom. The molecule has 0 atom stereocenters. The third-order valence-corrected chi connectivity index (χ3v) is 9.54. The lowest BCUT2D eigenvalue weighted by atomic mass is 10.0. The Morgan fingerprint density at radius 1 is 0.923 bits per heavy atom. The summed E-state index contributed by atoms with van der Waals surface area (Å²) in [6, 6.07) is 24.2. The Balaban J connectivity index is 1.30. The average molecular weight is 727 g/mol. The monoisotopic (exact) mass is 726 g/mol. The molecule has 1 saturated heterocycles. The van der Waals surface area contributed by atoms with Gasteiger partial charge in [0.05, 0.1) is 5.39 Å². The number of halogens is 3. The standard InChI is InChI=1S/C41H41ClF2N4O4/c1-41(2,3)52-40(51)46-22-19-32(20-23-46)47(25-27-9-11-28(12-10-27)29-13-16-31(42)17-14-29)37(50)26-48-33(18-15-30-6-4-8-35(43)38(30)44)24-36(49)34-7-5-21-45-39(34)48/h4-14,16-17,21,24,32H,15,18-20,22-23,25-26H2,1-3H3. The highest BCUT2D eigenvalue weighted by atomic mass is 35.5. The number of nitrogens with zero attached hydrogens (tertiary/aromatic N) is 4. The van der Waals surface area contributed by atoms with Crippen LogP contribution in [0.3, 0.4) is 0 Å². The SMILES string of the molecule is CC(C)(C)OC(=O)N1CCC(N(Cc2ccc(-c3ccc(Cl)cc3)cc2)C(=O)Cn2c(CCc3cccc(F)c3F)cc(=O)c3cccnc32)CC1. The highest BCUT2D eigenvalue weighted by Gasteiger charge is 2.32. The molecule has 0 radical (unpaired) electrons. The van der Waals surface area contributed by atoms with Gasteiger partial charge in [-0.1, -0.05) is 60.1 Å². The van der Waals surface area contributed by atoms with Crippen LogP contribution in [0, 0.1) is 11.6 Å². The molecular weight excluding hydrogens is 686 g/mol. The Kier molecular flexibility index (Phi) is 11.0. The second-order valence-electron chi connectivity index (χ2n) is 14.1. The number of rotatable bonds is 9. The van der Waals surface area contributed by atoms with Crippen LogP contribution in [0.15, 0.2) is 95.9 Å². The Bertz CT molecular complexity index is 2120. The molecule has 0 spiro atoms. The van der Waals surface area contributed by atoms with Crippen molar-refractivity contribution in [2.24, 2.45) is 0 Å². The molecule has 5 aromatic rings. The molecule has 0 saturated carbocycles. The number of hydrogen-bond acceptors (Lipinski definition) is 5. The highest BCUT2D eigenvalue weighted by molar-refractivity contribution is 6.30. The van der Waals surface area contributed by atoms with Crippen molar-refractivity contribution in [3.8, 4) is 11.1 Å². The van der Waals surface area contributed by atoms with Gasteiger partial charge in [-0.2, -0.15) is 0 Å². The maximum absolute atomic E-state index is 14.6. The zero-order valence-corrected chi connectivity index (χ0v) is 30.2. The molecular formula is C41H41ClF2N4O4. The van der Waals surface area contributed by atoms with Crippen LogP contribution in [0.4, 0.5) is 13.6 Å². The van der Waals surface area contributed by atoms with Crippen LogP contribution in [0.1, 0.15) is 50.4 Å². The number of aromatic nitrogens is 2. The van der Waals surface area contributed by atoms with Gasteiger partial charge in [-0.25, -0.2) is 18.6 Å². The molecule has 0 N–H and O–H groups in total. The summed E-state index contributed by atoms with van der Waals surface area (Å²) in [6.07, 6.45) is 2.56. The van der Waals surface area contributed by atoms with Crippen molar-refractivity contribution >= 4 is 34.6 Å². The summed E-state index contributed by atoms with van der Waals surface area (Å²) in [5.74, 6) is -2.08. The second kappa shape index (κ2) is 15.7. The van der Waals surface area contributed by atoms with E-state index in [1.807, 2.05) is 74.2 Å². The molecule has 0 aliphatic carbocycles. The molecule has 1 fully saturated rings. The number of likely N-dealkylation sites (tertiary alicyclic amines) is 1. The lowest BCUT2D eigenvalue weighted by Crippen LogP contribution is -2.50. The molecule has 270 valence electrons. The number of aryl methyl sites for hydroxylation is 2. The number of carbonyl (C=O) groups excluding carboxylic acids is 2. The fourth-order valence-electron chi connectivity index (χ4n) is 6.61. The molecule has 2 amide bonds. The molecule has 6 rings (SSSR count). The third-order valence-electron chi connectivity index (χ3n) is 9.29. The number of pyridine rings is 2. The molecule has 0 bridgehead atoms. The maximum atomic E-state index is 14.6. The molecule has 1 aliphatic rings. The molecule has 2 aromatic heterocycles. The van der Waals surface area contributed by atoms with Gasteiger partial charge in [0.1, 0.15) is 17.8 Å². The van der Waals surface area contributed by atoms with Gasteiger partial charge >= 0.3 is 6.09 Å². The summed E-state index contributed by atoms with van der Waals surface area (Å²) < 4.78 is 35.9. The summed E-state index contributed by atoms with van der Waals surface area (Å²) in [4.78, 5) is 48.6. The van der Waals surface area contributed by atoms with E-state index in [9.17, 15) is 23.2 Å². The van der Waals surface area contributed by atoms with Crippen LogP contribution in [-0.4, -0.2) is 56.1 Å². The number of carbonyl (C=O) groups is 2. The average Bonchev–Trinajstić information content (AvgIpc) is 3.12. The first kappa shape index (κ1) is 36.7. The Labute approximate surface area is 306 Å². The van der Waals surface area contributed by atoms with Crippen LogP contribution in [0.25, 0.3) is 22.2 Å². The van der Waals surface area contributed by atoms with Crippen molar-refractivity contribution in [3.63, 3.8) is 0 Å². The first-order chi connectivity index (χ1) is 24.9. The van der Waals surface area contributed by atoms with Gasteiger partial charge in [-0.3, -0.25) is 9.59 Å². The normalized spacial score (nSPS) is 13.7.